The van der Waals surface area contributed by atoms with E-state index in [2.05, 4.69) is 14.9 Å². The summed E-state index contributed by atoms with van der Waals surface area (Å²) in [4.78, 5) is 28.3. The second-order valence-corrected chi connectivity index (χ2v) is 9.01. The highest BCUT2D eigenvalue weighted by molar-refractivity contribution is 7.03. The minimum Gasteiger partial charge on any atom is -0.349 e. The van der Waals surface area contributed by atoms with Crippen LogP contribution in [0.1, 0.15) is 54.0 Å². The van der Waals surface area contributed by atoms with Gasteiger partial charge in [0.05, 0.1) is 0 Å². The van der Waals surface area contributed by atoms with E-state index in [4.69, 9.17) is 0 Å². The molecule has 0 aliphatic rings. The third kappa shape index (κ3) is 5.95. The van der Waals surface area contributed by atoms with Crippen molar-refractivity contribution in [2.45, 2.75) is 45.8 Å². The van der Waals surface area contributed by atoms with Gasteiger partial charge in [-0.25, -0.2) is 4.39 Å². The molecule has 0 saturated carbocycles. The lowest BCUT2D eigenvalue weighted by Gasteiger charge is -2.33. The molecule has 0 radical (unpaired) electrons. The van der Waals surface area contributed by atoms with Crippen LogP contribution in [0, 0.1) is 12.7 Å². The zero-order chi connectivity index (χ0) is 22.6. The van der Waals surface area contributed by atoms with Crippen molar-refractivity contribution in [2.24, 2.45) is 0 Å². The first-order valence-electron chi connectivity index (χ1n) is 9.85. The standard InChI is InChI=1S/C23H25FN4O2S/c1-15-5-9-17(10-6-15)20(21(29)25-23(2,3)4)28(22(30)19-14-31-27-26-19)13-16-7-11-18(24)12-8-16/h5-12,14,20H,13H2,1-4H3,(H,25,29)/t20-/m0/s1. The topological polar surface area (TPSA) is 75.2 Å². The predicted molar refractivity (Wildman–Crippen MR) is 118 cm³/mol. The van der Waals surface area contributed by atoms with Crippen LogP contribution in [0.25, 0.3) is 0 Å². The monoisotopic (exact) mass is 440 g/mol. The Morgan fingerprint density at radius 3 is 2.29 bits per heavy atom. The lowest BCUT2D eigenvalue weighted by atomic mass is 9.99. The van der Waals surface area contributed by atoms with E-state index in [1.165, 1.54) is 17.0 Å². The number of carbonyl (C=O) groups is 2. The van der Waals surface area contributed by atoms with E-state index in [1.807, 2.05) is 52.0 Å². The first-order valence-corrected chi connectivity index (χ1v) is 10.7. The number of benzene rings is 2. The van der Waals surface area contributed by atoms with Crippen molar-refractivity contribution < 1.29 is 14.0 Å². The van der Waals surface area contributed by atoms with Gasteiger partial charge in [0, 0.05) is 17.5 Å². The molecule has 8 heteroatoms. The fraction of sp³-hybridized carbons (Fsp3) is 0.304. The van der Waals surface area contributed by atoms with Crippen LogP contribution in [0.3, 0.4) is 0 Å². The van der Waals surface area contributed by atoms with E-state index < -0.39 is 17.5 Å². The van der Waals surface area contributed by atoms with Crippen molar-refractivity contribution in [3.63, 3.8) is 0 Å². The molecule has 0 aliphatic carbocycles. The number of hydrogen-bond donors (Lipinski definition) is 1. The smallest absolute Gasteiger partial charge is 0.276 e. The first kappa shape index (κ1) is 22.6. The Morgan fingerprint density at radius 1 is 1.10 bits per heavy atom. The molecule has 0 fully saturated rings. The summed E-state index contributed by atoms with van der Waals surface area (Å²) in [6.45, 7) is 7.71. The van der Waals surface area contributed by atoms with E-state index in [9.17, 15) is 14.0 Å². The lowest BCUT2D eigenvalue weighted by Crippen LogP contribution is -2.49. The molecule has 6 nitrogen and oxygen atoms in total. The van der Waals surface area contributed by atoms with Crippen molar-refractivity contribution in [1.29, 1.82) is 0 Å². The molecular formula is C23H25FN4O2S. The highest BCUT2D eigenvalue weighted by Gasteiger charge is 2.34. The van der Waals surface area contributed by atoms with Crippen molar-refractivity contribution in [1.82, 2.24) is 19.8 Å². The molecule has 1 atom stereocenters. The Balaban J connectivity index is 2.08. The fourth-order valence-corrected chi connectivity index (χ4v) is 3.56. The van der Waals surface area contributed by atoms with E-state index >= 15 is 0 Å². The van der Waals surface area contributed by atoms with Crippen LogP contribution in [0.2, 0.25) is 0 Å². The maximum absolute atomic E-state index is 13.4. The molecule has 0 aliphatic heterocycles. The van der Waals surface area contributed by atoms with E-state index in [1.54, 1.807) is 17.5 Å². The second kappa shape index (κ2) is 9.34. The molecule has 0 spiro atoms. The quantitative estimate of drug-likeness (QED) is 0.621. The Labute approximate surface area is 185 Å². The van der Waals surface area contributed by atoms with Gasteiger partial charge in [-0.3, -0.25) is 9.59 Å². The number of rotatable bonds is 6. The number of nitrogens with one attached hydrogen (secondary N) is 1. The van der Waals surface area contributed by atoms with Gasteiger partial charge in [0.1, 0.15) is 11.9 Å². The van der Waals surface area contributed by atoms with Crippen LogP contribution < -0.4 is 5.32 Å². The molecule has 0 bridgehead atoms. The lowest BCUT2D eigenvalue weighted by molar-refractivity contribution is -0.127. The highest BCUT2D eigenvalue weighted by Crippen LogP contribution is 2.27. The molecule has 31 heavy (non-hydrogen) atoms. The number of amides is 2. The van der Waals surface area contributed by atoms with Crippen LogP contribution in [0.4, 0.5) is 4.39 Å². The fourth-order valence-electron chi connectivity index (χ4n) is 3.13. The Morgan fingerprint density at radius 2 is 1.74 bits per heavy atom. The maximum Gasteiger partial charge on any atom is 0.276 e. The van der Waals surface area contributed by atoms with Gasteiger partial charge in [0.15, 0.2) is 5.69 Å². The van der Waals surface area contributed by atoms with Crippen LogP contribution >= 0.6 is 11.5 Å². The third-order valence-electron chi connectivity index (χ3n) is 4.56. The van der Waals surface area contributed by atoms with Crippen molar-refractivity contribution in [3.05, 3.63) is 82.1 Å². The third-order valence-corrected chi connectivity index (χ3v) is 5.06. The molecule has 0 saturated heterocycles. The van der Waals surface area contributed by atoms with Crippen molar-refractivity contribution in [3.8, 4) is 0 Å². The summed E-state index contributed by atoms with van der Waals surface area (Å²) in [5, 5.41) is 8.43. The van der Waals surface area contributed by atoms with Gasteiger partial charge in [-0.1, -0.05) is 46.4 Å². The Hall–Kier alpha value is -3.13. The summed E-state index contributed by atoms with van der Waals surface area (Å²) in [5.41, 5.74) is 2.07. The van der Waals surface area contributed by atoms with E-state index in [0.29, 0.717) is 11.1 Å². The van der Waals surface area contributed by atoms with Crippen LogP contribution in [-0.2, 0) is 11.3 Å². The van der Waals surface area contributed by atoms with Crippen LogP contribution in [0.5, 0.6) is 0 Å². The number of carbonyl (C=O) groups excluding carboxylic acids is 2. The summed E-state index contributed by atoms with van der Waals surface area (Å²) in [7, 11) is 0. The normalized spacial score (nSPS) is 12.3. The number of hydrogen-bond acceptors (Lipinski definition) is 5. The average molecular weight is 441 g/mol. The van der Waals surface area contributed by atoms with Gasteiger partial charge >= 0.3 is 0 Å². The summed E-state index contributed by atoms with van der Waals surface area (Å²) < 4.78 is 17.2. The zero-order valence-corrected chi connectivity index (χ0v) is 18.7. The Bertz CT molecular complexity index is 1030. The van der Waals surface area contributed by atoms with Gasteiger partial charge in [0.2, 0.25) is 5.91 Å². The Kier molecular flexibility index (Phi) is 6.80. The largest absolute Gasteiger partial charge is 0.349 e. The molecule has 2 amide bonds. The van der Waals surface area contributed by atoms with Gasteiger partial charge < -0.3 is 10.2 Å². The number of aromatic nitrogens is 2. The molecule has 3 rings (SSSR count). The second-order valence-electron chi connectivity index (χ2n) is 8.40. The summed E-state index contributed by atoms with van der Waals surface area (Å²) >= 11 is 1.06. The first-order chi connectivity index (χ1) is 14.6. The van der Waals surface area contributed by atoms with Gasteiger partial charge in [-0.2, -0.15) is 0 Å². The zero-order valence-electron chi connectivity index (χ0n) is 17.9. The van der Waals surface area contributed by atoms with Crippen molar-refractivity contribution in [2.75, 3.05) is 0 Å². The van der Waals surface area contributed by atoms with E-state index in [-0.39, 0.29) is 24.0 Å². The SMILES string of the molecule is Cc1ccc([C@@H](C(=O)NC(C)(C)C)N(Cc2ccc(F)cc2)C(=O)c2csnn2)cc1. The minimum atomic E-state index is -0.904. The van der Waals surface area contributed by atoms with E-state index in [0.717, 1.165) is 17.1 Å². The molecule has 3 aromatic rings. The van der Waals surface area contributed by atoms with Gasteiger partial charge in [0.25, 0.3) is 5.91 Å². The van der Waals surface area contributed by atoms with Crippen LogP contribution in [-0.4, -0.2) is 31.8 Å². The molecule has 1 heterocycles. The number of aryl methyl sites for hydroxylation is 1. The highest BCUT2D eigenvalue weighted by atomic mass is 32.1. The summed E-state index contributed by atoms with van der Waals surface area (Å²) in [6.07, 6.45) is 0. The minimum absolute atomic E-state index is 0.104. The number of halogens is 1. The molecule has 2 aromatic carbocycles. The molecule has 162 valence electrons. The van der Waals surface area contributed by atoms with Gasteiger partial charge in [-0.15, -0.1) is 5.10 Å². The van der Waals surface area contributed by atoms with Crippen molar-refractivity contribution >= 4 is 23.3 Å². The summed E-state index contributed by atoms with van der Waals surface area (Å²) in [5.74, 6) is -1.10. The van der Waals surface area contributed by atoms with Crippen LogP contribution in [0.15, 0.2) is 53.9 Å². The number of nitrogens with zero attached hydrogens (tertiary/aromatic N) is 3. The molecule has 0 unspecified atom stereocenters. The van der Waals surface area contributed by atoms with Gasteiger partial charge in [-0.05, 0) is 62.5 Å². The molecular weight excluding hydrogens is 415 g/mol. The predicted octanol–water partition coefficient (Wildman–Crippen LogP) is 4.28. The average Bonchev–Trinajstić information content (AvgIpc) is 3.23. The molecule has 1 N–H and O–H groups in total. The molecule has 1 aromatic heterocycles. The summed E-state index contributed by atoms with van der Waals surface area (Å²) in [6, 6.07) is 12.4. The maximum atomic E-state index is 13.4.